The van der Waals surface area contributed by atoms with Crippen molar-refractivity contribution >= 4 is 44.5 Å². The van der Waals surface area contributed by atoms with Crippen LogP contribution in [0.25, 0.3) is 17.2 Å². The molecule has 2 fully saturated rings. The van der Waals surface area contributed by atoms with Gasteiger partial charge in [0.1, 0.15) is 24.6 Å². The van der Waals surface area contributed by atoms with Crippen LogP contribution in [0.4, 0.5) is 10.6 Å². The molecule has 2 saturated heterocycles. The van der Waals surface area contributed by atoms with Crippen LogP contribution in [0.1, 0.15) is 18.7 Å². The lowest BCUT2D eigenvalue weighted by atomic mass is 10.1. The molecule has 2 amide bonds. The molecule has 220 valence electrons. The molecule has 0 bridgehead atoms. The van der Waals surface area contributed by atoms with Gasteiger partial charge < -0.3 is 29.3 Å². The number of imidazole rings is 1. The standard InChI is InChI=1S/C23H28N6O10P2/c1-3-24-23(30)28-20-17-21(26-12-25-20)29(13-27-17)22-19-18(15(36-22)11-35-41(33,34)39-40(2,31)32)37-16(38-19)10-9-14-7-5-4-6-8-14/h4-10,12-13,15-16,18-19,22H,3,11H2,1-2H3,(H,31,32)(H,33,34)(H2,24,25,26,28,30)/b10-9+/t15-,16+,18?,19+,22-/m1/s1. The largest absolute Gasteiger partial charge is 0.479 e. The van der Waals surface area contributed by atoms with E-state index in [-0.39, 0.29) is 11.3 Å². The molecule has 0 radical (unpaired) electrons. The molecular weight excluding hydrogens is 582 g/mol. The van der Waals surface area contributed by atoms with Gasteiger partial charge in [0.05, 0.1) is 12.9 Å². The summed E-state index contributed by atoms with van der Waals surface area (Å²) >= 11 is 0. The molecule has 2 aromatic heterocycles. The molecule has 0 spiro atoms. The van der Waals surface area contributed by atoms with Crippen LogP contribution >= 0.6 is 15.4 Å². The van der Waals surface area contributed by atoms with Crippen molar-refractivity contribution in [1.82, 2.24) is 24.8 Å². The molecule has 16 nitrogen and oxygen atoms in total. The minimum atomic E-state index is -4.91. The summed E-state index contributed by atoms with van der Waals surface area (Å²) in [6, 6.07) is 9.02. The van der Waals surface area contributed by atoms with E-state index in [1.165, 1.54) is 12.7 Å². The number of rotatable bonds is 10. The second kappa shape index (κ2) is 12.1. The molecule has 4 heterocycles. The fourth-order valence-electron chi connectivity index (χ4n) is 4.39. The van der Waals surface area contributed by atoms with Crippen LogP contribution in [-0.4, -0.2) is 79.8 Å². The number of aromatic nitrogens is 4. The zero-order chi connectivity index (χ0) is 29.2. The molecule has 0 saturated carbocycles. The lowest BCUT2D eigenvalue weighted by Gasteiger charge is -2.21. The second-order valence-electron chi connectivity index (χ2n) is 9.08. The van der Waals surface area contributed by atoms with Gasteiger partial charge in [-0.1, -0.05) is 36.4 Å². The zero-order valence-corrected chi connectivity index (χ0v) is 23.6. The smallest absolute Gasteiger partial charge is 0.347 e. The number of fused-ring (bicyclic) bond motifs is 2. The Morgan fingerprint density at radius 2 is 1.88 bits per heavy atom. The number of amides is 2. The zero-order valence-electron chi connectivity index (χ0n) is 21.8. The summed E-state index contributed by atoms with van der Waals surface area (Å²) in [5, 5.41) is 5.23. The first-order valence-corrected chi connectivity index (χ1v) is 16.0. The highest BCUT2D eigenvalue weighted by Crippen LogP contribution is 2.58. The predicted molar refractivity (Wildman–Crippen MR) is 144 cm³/mol. The van der Waals surface area contributed by atoms with Crippen molar-refractivity contribution in [3.05, 3.63) is 54.6 Å². The summed E-state index contributed by atoms with van der Waals surface area (Å²) in [6.07, 6.45) is 2.01. The van der Waals surface area contributed by atoms with Gasteiger partial charge in [0.25, 0.3) is 0 Å². The van der Waals surface area contributed by atoms with Gasteiger partial charge in [0, 0.05) is 13.2 Å². The van der Waals surface area contributed by atoms with Crippen LogP contribution in [0.5, 0.6) is 0 Å². The number of nitrogens with zero attached hydrogens (tertiary/aromatic N) is 4. The molecule has 0 aliphatic carbocycles. The number of anilines is 1. The van der Waals surface area contributed by atoms with Crippen molar-refractivity contribution in [2.75, 3.05) is 25.1 Å². The van der Waals surface area contributed by atoms with Gasteiger partial charge in [-0.2, -0.15) is 0 Å². The van der Waals surface area contributed by atoms with Crippen molar-refractivity contribution < 1.29 is 46.8 Å². The Hall–Kier alpha value is -3.04. The van der Waals surface area contributed by atoms with E-state index in [1.54, 1.807) is 17.6 Å². The Balaban J connectivity index is 1.40. The Kier molecular flexibility index (Phi) is 8.66. The Morgan fingerprint density at radius 3 is 2.61 bits per heavy atom. The molecule has 18 heteroatoms. The van der Waals surface area contributed by atoms with Gasteiger partial charge in [0.2, 0.25) is 0 Å². The maximum atomic E-state index is 12.2. The molecule has 3 aromatic rings. The summed E-state index contributed by atoms with van der Waals surface area (Å²) in [5.74, 6) is 0.174. The molecule has 2 aliphatic heterocycles. The summed E-state index contributed by atoms with van der Waals surface area (Å²) in [7, 11) is -9.23. The fourth-order valence-corrected chi connectivity index (χ4v) is 6.44. The van der Waals surface area contributed by atoms with Gasteiger partial charge >= 0.3 is 21.4 Å². The van der Waals surface area contributed by atoms with Crippen LogP contribution in [0.15, 0.2) is 49.1 Å². The molecule has 5 rings (SSSR count). The monoisotopic (exact) mass is 610 g/mol. The normalized spacial score (nSPS) is 27.0. The van der Waals surface area contributed by atoms with Crippen molar-refractivity contribution in [3.8, 4) is 0 Å². The third-order valence-electron chi connectivity index (χ3n) is 5.97. The minimum absolute atomic E-state index is 0.174. The van der Waals surface area contributed by atoms with Gasteiger partial charge in [-0.3, -0.25) is 19.0 Å². The van der Waals surface area contributed by atoms with Crippen LogP contribution in [0.2, 0.25) is 0 Å². The summed E-state index contributed by atoms with van der Waals surface area (Å²) in [6.45, 7) is 2.41. The number of nitrogens with one attached hydrogen (secondary N) is 2. The van der Waals surface area contributed by atoms with Crippen LogP contribution in [0.3, 0.4) is 0 Å². The summed E-state index contributed by atoms with van der Waals surface area (Å²) < 4.78 is 52.9. The SMILES string of the molecule is CCNC(=O)Nc1ncnc2c1ncn2[C@@H]1O[C@H](COP(=O)(O)OP(C)(=O)O)C2O[C@H](/C=C/c3ccccc3)O[C@@H]21. The molecule has 7 atom stereocenters. The number of hydrogen-bond donors (Lipinski definition) is 4. The van der Waals surface area contributed by atoms with Crippen molar-refractivity contribution in [1.29, 1.82) is 0 Å². The molecule has 41 heavy (non-hydrogen) atoms. The van der Waals surface area contributed by atoms with Gasteiger partial charge in [-0.15, -0.1) is 0 Å². The number of carbonyl (C=O) groups is 1. The van der Waals surface area contributed by atoms with Gasteiger partial charge in [-0.05, 0) is 18.6 Å². The maximum absolute atomic E-state index is 12.2. The van der Waals surface area contributed by atoms with E-state index in [0.29, 0.717) is 12.2 Å². The van der Waals surface area contributed by atoms with Crippen molar-refractivity contribution in [2.24, 2.45) is 0 Å². The quantitative estimate of drug-likeness (QED) is 0.244. The highest BCUT2D eigenvalue weighted by Gasteiger charge is 2.54. The van der Waals surface area contributed by atoms with E-state index < -0.39 is 58.9 Å². The van der Waals surface area contributed by atoms with E-state index in [2.05, 4.69) is 29.9 Å². The first-order valence-electron chi connectivity index (χ1n) is 12.4. The van der Waals surface area contributed by atoms with Gasteiger partial charge in [0.15, 0.2) is 29.5 Å². The van der Waals surface area contributed by atoms with E-state index in [9.17, 15) is 23.7 Å². The first-order chi connectivity index (χ1) is 19.5. The van der Waals surface area contributed by atoms with Crippen LogP contribution in [-0.2, 0) is 32.2 Å². The number of phosphoric acid groups is 1. The Labute approximate surface area is 233 Å². The third-order valence-corrected chi connectivity index (χ3v) is 8.49. The highest BCUT2D eigenvalue weighted by molar-refractivity contribution is 7.63. The molecule has 3 unspecified atom stereocenters. The number of benzene rings is 1. The van der Waals surface area contributed by atoms with E-state index >= 15 is 0 Å². The van der Waals surface area contributed by atoms with E-state index in [4.69, 9.17) is 18.7 Å². The highest BCUT2D eigenvalue weighted by atomic mass is 31.3. The average Bonchev–Trinajstić information content (AvgIpc) is 3.60. The van der Waals surface area contributed by atoms with Crippen LogP contribution in [0, 0.1) is 0 Å². The van der Waals surface area contributed by atoms with Gasteiger partial charge in [-0.25, -0.2) is 28.6 Å². The number of phosphoric ester groups is 1. The molecule has 2 aliphatic rings. The van der Waals surface area contributed by atoms with Crippen molar-refractivity contribution in [3.63, 3.8) is 0 Å². The first kappa shape index (κ1) is 29.5. The van der Waals surface area contributed by atoms with Crippen molar-refractivity contribution in [2.45, 2.75) is 37.8 Å². The molecule has 1 aromatic carbocycles. The number of hydrogen-bond acceptors (Lipinski definition) is 11. The maximum Gasteiger partial charge on any atom is 0.479 e. The van der Waals surface area contributed by atoms with E-state index in [0.717, 1.165) is 12.2 Å². The number of urea groups is 1. The lowest BCUT2D eigenvalue weighted by Crippen LogP contribution is -2.31. The van der Waals surface area contributed by atoms with E-state index in [1.807, 2.05) is 36.4 Å². The third kappa shape index (κ3) is 7.07. The molecular formula is C23H28N6O10P2. The Bertz CT molecular complexity index is 1520. The fraction of sp³-hybridized carbons (Fsp3) is 0.391. The second-order valence-corrected chi connectivity index (χ2v) is 12.5. The summed E-state index contributed by atoms with van der Waals surface area (Å²) in [4.78, 5) is 44.1. The topological polar surface area (TPSA) is 205 Å². The Morgan fingerprint density at radius 1 is 1.12 bits per heavy atom. The number of carbonyl (C=O) groups excluding carboxylic acids is 1. The van der Waals surface area contributed by atoms with Crippen LogP contribution < -0.4 is 10.6 Å². The number of ether oxygens (including phenoxy) is 3. The predicted octanol–water partition coefficient (Wildman–Crippen LogP) is 2.64. The lowest BCUT2D eigenvalue weighted by molar-refractivity contribution is -0.132. The molecule has 4 N–H and O–H groups in total. The summed E-state index contributed by atoms with van der Waals surface area (Å²) in [5.41, 5.74) is 1.51. The minimum Gasteiger partial charge on any atom is -0.347 e. The average molecular weight is 610 g/mol.